The highest BCUT2D eigenvalue weighted by Gasteiger charge is 2.12. The molecule has 0 radical (unpaired) electrons. The molecule has 118 valence electrons. The van der Waals surface area contributed by atoms with E-state index in [1.807, 2.05) is 24.3 Å². The van der Waals surface area contributed by atoms with Crippen LogP contribution in [-0.2, 0) is 11.2 Å². The van der Waals surface area contributed by atoms with Gasteiger partial charge in [0, 0.05) is 11.0 Å². The molecule has 0 saturated heterocycles. The monoisotopic (exact) mass is 372 g/mol. The third-order valence-electron chi connectivity index (χ3n) is 3.11. The minimum Gasteiger partial charge on any atom is -0.349 e. The third-order valence-corrected chi connectivity index (χ3v) is 3.60. The van der Waals surface area contributed by atoms with E-state index in [1.54, 1.807) is 30.3 Å². The van der Waals surface area contributed by atoms with Crippen molar-refractivity contribution in [2.75, 3.05) is 11.9 Å². The first-order valence-electron chi connectivity index (χ1n) is 7.12. The summed E-state index contributed by atoms with van der Waals surface area (Å²) in [7, 11) is 0. The van der Waals surface area contributed by atoms with Gasteiger partial charge < -0.3 is 10.6 Å². The fourth-order valence-corrected chi connectivity index (χ4v) is 2.52. The Morgan fingerprint density at radius 2 is 1.91 bits per heavy atom. The first-order valence-corrected chi connectivity index (χ1v) is 7.92. The van der Waals surface area contributed by atoms with Crippen LogP contribution in [0.2, 0.25) is 0 Å². The number of benzene rings is 2. The first kappa shape index (κ1) is 17.0. The minimum atomic E-state index is -0.247. The Kier molecular flexibility index (Phi) is 6.11. The van der Waals surface area contributed by atoms with Crippen LogP contribution >= 0.6 is 15.9 Å². The molecule has 0 heterocycles. The van der Waals surface area contributed by atoms with Crippen molar-refractivity contribution in [3.63, 3.8) is 0 Å². The predicted molar refractivity (Wildman–Crippen MR) is 95.4 cm³/mol. The molecule has 0 saturated carbocycles. The Morgan fingerprint density at radius 3 is 2.65 bits per heavy atom. The summed E-state index contributed by atoms with van der Waals surface area (Å²) < 4.78 is 0.923. The summed E-state index contributed by atoms with van der Waals surface area (Å²) in [6.45, 7) is 3.94. The van der Waals surface area contributed by atoms with E-state index in [4.69, 9.17) is 0 Å². The highest BCUT2D eigenvalue weighted by Crippen LogP contribution is 2.16. The van der Waals surface area contributed by atoms with E-state index < -0.39 is 0 Å². The molecule has 2 aromatic rings. The maximum absolute atomic E-state index is 12.2. The van der Waals surface area contributed by atoms with Crippen LogP contribution in [0.25, 0.3) is 0 Å². The van der Waals surface area contributed by atoms with Crippen molar-refractivity contribution >= 4 is 33.4 Å². The third kappa shape index (κ3) is 5.07. The normalized spacial score (nSPS) is 9.96. The number of para-hydroxylation sites is 1. The Morgan fingerprint density at radius 1 is 1.13 bits per heavy atom. The summed E-state index contributed by atoms with van der Waals surface area (Å²) in [6, 6.07) is 14.5. The maximum Gasteiger partial charge on any atom is 0.253 e. The summed E-state index contributed by atoms with van der Waals surface area (Å²) in [6.07, 6.45) is 1.84. The maximum atomic E-state index is 12.2. The van der Waals surface area contributed by atoms with Crippen LogP contribution in [0, 0.1) is 0 Å². The smallest absolute Gasteiger partial charge is 0.253 e. The van der Waals surface area contributed by atoms with Gasteiger partial charge >= 0.3 is 0 Å². The minimum absolute atomic E-state index is 0.174. The lowest BCUT2D eigenvalue weighted by molar-refractivity contribution is -0.115. The van der Waals surface area contributed by atoms with Crippen LogP contribution in [-0.4, -0.2) is 18.4 Å². The van der Waals surface area contributed by atoms with Gasteiger partial charge in [-0.2, -0.15) is 0 Å². The average Bonchev–Trinajstić information content (AvgIpc) is 2.53. The topological polar surface area (TPSA) is 58.2 Å². The zero-order valence-corrected chi connectivity index (χ0v) is 14.1. The molecule has 0 aliphatic rings. The molecule has 0 bridgehead atoms. The van der Waals surface area contributed by atoms with E-state index >= 15 is 0 Å². The van der Waals surface area contributed by atoms with Crippen LogP contribution in [0.1, 0.15) is 15.9 Å². The largest absolute Gasteiger partial charge is 0.349 e. The van der Waals surface area contributed by atoms with Crippen molar-refractivity contribution in [2.45, 2.75) is 6.42 Å². The number of amides is 2. The van der Waals surface area contributed by atoms with Crippen LogP contribution < -0.4 is 10.6 Å². The summed E-state index contributed by atoms with van der Waals surface area (Å²) in [4.78, 5) is 24.3. The number of halogens is 1. The molecule has 2 N–H and O–H groups in total. The van der Waals surface area contributed by atoms with Crippen LogP contribution in [0.3, 0.4) is 0 Å². The molecule has 0 aliphatic carbocycles. The lowest BCUT2D eigenvalue weighted by Gasteiger charge is -2.11. The van der Waals surface area contributed by atoms with Crippen LogP contribution in [0.4, 0.5) is 5.69 Å². The summed E-state index contributed by atoms with van der Waals surface area (Å²) in [5.41, 5.74) is 1.82. The molecule has 2 amide bonds. The van der Waals surface area contributed by atoms with Gasteiger partial charge in [-0.3, -0.25) is 9.59 Å². The van der Waals surface area contributed by atoms with Gasteiger partial charge in [0.05, 0.1) is 17.7 Å². The highest BCUT2D eigenvalue weighted by molar-refractivity contribution is 9.10. The molecule has 5 heteroatoms. The van der Waals surface area contributed by atoms with Gasteiger partial charge in [0.15, 0.2) is 0 Å². The van der Waals surface area contributed by atoms with E-state index in [2.05, 4.69) is 33.1 Å². The zero-order valence-electron chi connectivity index (χ0n) is 12.5. The summed E-state index contributed by atoms with van der Waals surface area (Å²) >= 11 is 3.38. The molecule has 0 aromatic heterocycles. The molecule has 0 aliphatic heterocycles. The van der Waals surface area contributed by atoms with E-state index in [0.717, 1.165) is 10.0 Å². The Bertz CT molecular complexity index is 728. The highest BCUT2D eigenvalue weighted by atomic mass is 79.9. The van der Waals surface area contributed by atoms with Gasteiger partial charge in [0.1, 0.15) is 0 Å². The van der Waals surface area contributed by atoms with Crippen LogP contribution in [0.15, 0.2) is 65.7 Å². The molecule has 0 atom stereocenters. The number of carbonyl (C=O) groups excluding carboxylic acids is 2. The van der Waals surface area contributed by atoms with Crippen molar-refractivity contribution in [3.05, 3.63) is 76.8 Å². The summed E-state index contributed by atoms with van der Waals surface area (Å²) in [5, 5.41) is 5.50. The SMILES string of the molecule is C=CCNC(=O)c1ccccc1NC(=O)Cc1cccc(Br)c1. The number of hydrogen-bond acceptors (Lipinski definition) is 2. The molecule has 0 fully saturated rings. The van der Waals surface area contributed by atoms with Gasteiger partial charge in [-0.25, -0.2) is 0 Å². The Labute approximate surface area is 143 Å². The average molecular weight is 373 g/mol. The van der Waals surface area contributed by atoms with Crippen molar-refractivity contribution in [1.82, 2.24) is 5.32 Å². The summed E-state index contributed by atoms with van der Waals surface area (Å²) in [5.74, 6) is -0.421. The standard InChI is InChI=1S/C18H17BrN2O2/c1-2-10-20-18(23)15-8-3-4-9-16(15)21-17(22)12-13-6-5-7-14(19)11-13/h2-9,11H,1,10,12H2,(H,20,23)(H,21,22). The Balaban J connectivity index is 2.09. The number of carbonyl (C=O) groups is 2. The first-order chi connectivity index (χ1) is 11.1. The van der Waals surface area contributed by atoms with Gasteiger partial charge in [0.25, 0.3) is 5.91 Å². The van der Waals surface area contributed by atoms with Crippen molar-refractivity contribution < 1.29 is 9.59 Å². The number of anilines is 1. The molecule has 4 nitrogen and oxygen atoms in total. The number of nitrogens with one attached hydrogen (secondary N) is 2. The molecular weight excluding hydrogens is 356 g/mol. The molecule has 2 rings (SSSR count). The van der Waals surface area contributed by atoms with E-state index in [9.17, 15) is 9.59 Å². The molecular formula is C18H17BrN2O2. The number of hydrogen-bond donors (Lipinski definition) is 2. The van der Waals surface area contributed by atoms with E-state index in [-0.39, 0.29) is 18.2 Å². The second kappa shape index (κ2) is 8.29. The predicted octanol–water partition coefficient (Wildman–Crippen LogP) is 3.55. The van der Waals surface area contributed by atoms with E-state index in [1.165, 1.54) is 0 Å². The second-order valence-electron chi connectivity index (χ2n) is 4.90. The molecule has 23 heavy (non-hydrogen) atoms. The van der Waals surface area contributed by atoms with E-state index in [0.29, 0.717) is 17.8 Å². The van der Waals surface area contributed by atoms with Gasteiger partial charge in [0.2, 0.25) is 5.91 Å². The molecule has 0 spiro atoms. The van der Waals surface area contributed by atoms with Crippen molar-refractivity contribution in [2.24, 2.45) is 0 Å². The zero-order chi connectivity index (χ0) is 16.7. The van der Waals surface area contributed by atoms with Crippen LogP contribution in [0.5, 0.6) is 0 Å². The fraction of sp³-hybridized carbons (Fsp3) is 0.111. The van der Waals surface area contributed by atoms with Crippen molar-refractivity contribution in [1.29, 1.82) is 0 Å². The quantitative estimate of drug-likeness (QED) is 0.761. The van der Waals surface area contributed by atoms with Gasteiger partial charge in [-0.1, -0.05) is 46.3 Å². The van der Waals surface area contributed by atoms with Gasteiger partial charge in [-0.05, 0) is 29.8 Å². The lowest BCUT2D eigenvalue weighted by Crippen LogP contribution is -2.25. The molecule has 2 aromatic carbocycles. The Hall–Kier alpha value is -2.40. The molecule has 0 unspecified atom stereocenters. The lowest BCUT2D eigenvalue weighted by atomic mass is 10.1. The van der Waals surface area contributed by atoms with Gasteiger partial charge in [-0.15, -0.1) is 6.58 Å². The fourth-order valence-electron chi connectivity index (χ4n) is 2.08. The van der Waals surface area contributed by atoms with Crippen molar-refractivity contribution in [3.8, 4) is 0 Å². The number of rotatable bonds is 6. The second-order valence-corrected chi connectivity index (χ2v) is 5.81.